The maximum absolute atomic E-state index is 2.89. The fourth-order valence-corrected chi connectivity index (χ4v) is 14.6. The van der Waals surface area contributed by atoms with Crippen molar-refractivity contribution in [3.05, 3.63) is 117 Å². The molecule has 1 aromatic heterocycles. The number of benzene rings is 4. The van der Waals surface area contributed by atoms with Crippen LogP contribution in [0.2, 0.25) is 0 Å². The fourth-order valence-electron chi connectivity index (χ4n) is 13.3. The van der Waals surface area contributed by atoms with Crippen LogP contribution >= 0.6 is 11.3 Å². The number of anilines is 5. The number of rotatable bonds is 1. The molecule has 3 unspecified atom stereocenters. The topological polar surface area (TPSA) is 6.48 Å². The van der Waals surface area contributed by atoms with E-state index in [4.69, 9.17) is 0 Å². The Morgan fingerprint density at radius 3 is 2.00 bits per heavy atom. The molecule has 1 saturated carbocycles. The molecule has 5 aromatic rings. The van der Waals surface area contributed by atoms with Crippen LogP contribution in [0.3, 0.4) is 0 Å². The molecule has 4 heteroatoms. The highest BCUT2D eigenvalue weighted by atomic mass is 32.1. The van der Waals surface area contributed by atoms with Gasteiger partial charge in [0.15, 0.2) is 0 Å². The molecule has 1 fully saturated rings. The normalized spacial score (nSPS) is 25.1. The van der Waals surface area contributed by atoms with Gasteiger partial charge in [0.1, 0.15) is 0 Å². The van der Waals surface area contributed by atoms with Crippen molar-refractivity contribution in [3.63, 3.8) is 0 Å². The Morgan fingerprint density at radius 2 is 1.33 bits per heavy atom. The lowest BCUT2D eigenvalue weighted by Gasteiger charge is -2.62. The van der Waals surface area contributed by atoms with Crippen LogP contribution in [0.1, 0.15) is 150 Å². The molecule has 3 aliphatic heterocycles. The fraction of sp³-hybridized carbons (Fsp3) is 0.474. The van der Waals surface area contributed by atoms with E-state index in [9.17, 15) is 0 Å². The summed E-state index contributed by atoms with van der Waals surface area (Å²) in [5.74, 6) is 0.985. The van der Waals surface area contributed by atoms with E-state index < -0.39 is 0 Å². The third kappa shape index (κ3) is 5.27. The van der Waals surface area contributed by atoms with Gasteiger partial charge in [0, 0.05) is 48.7 Å². The van der Waals surface area contributed by atoms with E-state index in [0.717, 1.165) is 0 Å². The van der Waals surface area contributed by atoms with Crippen LogP contribution in [0, 0.1) is 29.6 Å². The summed E-state index contributed by atoms with van der Waals surface area (Å²) < 4.78 is 2.86. The van der Waals surface area contributed by atoms with Crippen LogP contribution in [0.5, 0.6) is 0 Å². The van der Waals surface area contributed by atoms with Gasteiger partial charge in [-0.2, -0.15) is 0 Å². The summed E-state index contributed by atoms with van der Waals surface area (Å²) in [6.07, 6.45) is 7.70. The first-order valence-electron chi connectivity index (χ1n) is 23.5. The second-order valence-corrected chi connectivity index (χ2v) is 25.7. The molecule has 6 aliphatic rings. The smallest absolute Gasteiger partial charge is 0.264 e. The zero-order valence-corrected chi connectivity index (χ0v) is 40.6. The first kappa shape index (κ1) is 39.8. The van der Waals surface area contributed by atoms with Crippen molar-refractivity contribution in [2.45, 2.75) is 151 Å². The number of hydrogen-bond donors (Lipinski definition) is 0. The Kier molecular flexibility index (Phi) is 7.93. The van der Waals surface area contributed by atoms with Crippen molar-refractivity contribution >= 4 is 72.3 Å². The van der Waals surface area contributed by atoms with Crippen LogP contribution in [0.4, 0.5) is 28.4 Å². The van der Waals surface area contributed by atoms with Gasteiger partial charge in [-0.3, -0.25) is 0 Å². The lowest BCUT2D eigenvalue weighted by molar-refractivity contribution is 0.0162. The van der Waals surface area contributed by atoms with Gasteiger partial charge in [-0.1, -0.05) is 132 Å². The van der Waals surface area contributed by atoms with E-state index in [2.05, 4.69) is 186 Å². The molecule has 314 valence electrons. The van der Waals surface area contributed by atoms with Crippen molar-refractivity contribution in [1.29, 1.82) is 0 Å². The van der Waals surface area contributed by atoms with E-state index in [1.165, 1.54) is 108 Å². The average Bonchev–Trinajstić information content (AvgIpc) is 3.55. The number of aryl methyl sites for hydroxylation is 1. The summed E-state index contributed by atoms with van der Waals surface area (Å²) >= 11 is 2.04. The molecule has 0 amide bonds. The molecule has 2 nitrogen and oxygen atoms in total. The Morgan fingerprint density at radius 1 is 0.672 bits per heavy atom. The Labute approximate surface area is 371 Å². The first-order chi connectivity index (χ1) is 28.4. The molecular formula is C57H67BN2S. The minimum absolute atomic E-state index is 0.0528. The molecule has 3 atom stereocenters. The number of allylic oxidation sites excluding steroid dienone is 3. The molecule has 61 heavy (non-hydrogen) atoms. The largest absolute Gasteiger partial charge is 0.311 e. The van der Waals surface area contributed by atoms with E-state index in [0.29, 0.717) is 11.8 Å². The zero-order valence-electron chi connectivity index (χ0n) is 39.8. The van der Waals surface area contributed by atoms with Crippen molar-refractivity contribution < 1.29 is 0 Å². The van der Waals surface area contributed by atoms with Gasteiger partial charge in [-0.25, -0.2) is 0 Å². The predicted octanol–water partition coefficient (Wildman–Crippen LogP) is 14.2. The first-order valence-corrected chi connectivity index (χ1v) is 24.3. The van der Waals surface area contributed by atoms with Crippen molar-refractivity contribution in [2.75, 3.05) is 9.80 Å². The highest BCUT2D eigenvalue weighted by molar-refractivity contribution is 7.33. The van der Waals surface area contributed by atoms with Crippen LogP contribution in [-0.2, 0) is 21.7 Å². The van der Waals surface area contributed by atoms with Gasteiger partial charge in [-0.05, 0) is 159 Å². The molecule has 4 heterocycles. The van der Waals surface area contributed by atoms with Gasteiger partial charge in [0.25, 0.3) is 6.71 Å². The van der Waals surface area contributed by atoms with Crippen LogP contribution in [-0.4, -0.2) is 6.71 Å². The van der Waals surface area contributed by atoms with E-state index in [1.54, 1.807) is 16.7 Å². The molecule has 11 rings (SSSR count). The monoisotopic (exact) mass is 823 g/mol. The third-order valence-electron chi connectivity index (χ3n) is 17.1. The Balaban J connectivity index is 1.30. The summed E-state index contributed by atoms with van der Waals surface area (Å²) in [6.45, 7) is 37.2. The quantitative estimate of drug-likeness (QED) is 0.152. The molecule has 0 saturated heterocycles. The summed E-state index contributed by atoms with van der Waals surface area (Å²) in [5.41, 5.74) is 22.4. The molecule has 0 N–H and O–H groups in total. The molecule has 3 aliphatic carbocycles. The maximum Gasteiger partial charge on any atom is 0.264 e. The van der Waals surface area contributed by atoms with E-state index in [1.807, 2.05) is 11.3 Å². The van der Waals surface area contributed by atoms with Gasteiger partial charge in [-0.15, -0.1) is 11.3 Å². The molecule has 4 aromatic carbocycles. The standard InChI is InChI=1S/C57H67BN2S/c1-32-16-23-43-37(28-32)49-51(61-43)58-40-22-21-38-45-50(40)60(42-31-35(53(6,7)8)30-41(47(42)58)59(49)36-19-17-34(18-20-36)52(3,4)5)48-33(2)29-39-44(56(13,14)25-24-55(39,11)12)46(48)57(45,15)27-26-54(38,9)10/h16-23,28-31,39,44H,24-27H2,1-15H3. The Hall–Kier alpha value is -4.02. The lowest BCUT2D eigenvalue weighted by Crippen LogP contribution is -2.63. The van der Waals surface area contributed by atoms with Crippen molar-refractivity contribution in [2.24, 2.45) is 22.7 Å². The van der Waals surface area contributed by atoms with Crippen molar-refractivity contribution in [3.8, 4) is 0 Å². The van der Waals surface area contributed by atoms with Crippen LogP contribution < -0.4 is 25.5 Å². The molecule has 0 radical (unpaired) electrons. The number of thiophene rings is 1. The Bertz CT molecular complexity index is 2810. The second kappa shape index (κ2) is 12.2. The van der Waals surface area contributed by atoms with Gasteiger partial charge in [0.2, 0.25) is 0 Å². The number of fused-ring (bicyclic) bond motifs is 10. The van der Waals surface area contributed by atoms with Crippen molar-refractivity contribution in [1.82, 2.24) is 0 Å². The number of hydrogen-bond acceptors (Lipinski definition) is 3. The van der Waals surface area contributed by atoms with Gasteiger partial charge in [0.05, 0.1) is 5.69 Å². The summed E-state index contributed by atoms with van der Waals surface area (Å²) in [7, 11) is 0. The molecule has 0 bridgehead atoms. The highest BCUT2D eigenvalue weighted by Crippen LogP contribution is 2.68. The van der Waals surface area contributed by atoms with Gasteiger partial charge < -0.3 is 9.80 Å². The third-order valence-corrected chi connectivity index (χ3v) is 18.3. The minimum atomic E-state index is -0.0613. The molecular weight excluding hydrogens is 756 g/mol. The van der Waals surface area contributed by atoms with E-state index in [-0.39, 0.29) is 39.2 Å². The summed E-state index contributed by atoms with van der Waals surface area (Å²) in [6, 6.07) is 27.2. The lowest BCUT2D eigenvalue weighted by atomic mass is 9.34. The minimum Gasteiger partial charge on any atom is -0.311 e. The van der Waals surface area contributed by atoms with Gasteiger partial charge >= 0.3 is 0 Å². The maximum atomic E-state index is 2.89. The summed E-state index contributed by atoms with van der Waals surface area (Å²) in [4.78, 5) is 5.58. The average molecular weight is 823 g/mol. The number of nitrogens with zero attached hydrogens (tertiary/aromatic N) is 2. The SMILES string of the molecule is CC1=CC2C(C3=C1N1c4cc(C(C)(C)C)cc5c4B(c4ccc6c(c41)C3(C)CCC6(C)C)c1sc3ccc(C)cc3c1N5c1ccc(C(C)(C)C)cc1)C(C)(C)CCC2(C)C. The highest BCUT2D eigenvalue weighted by Gasteiger charge is 2.61. The van der Waals surface area contributed by atoms with Crippen LogP contribution in [0.25, 0.3) is 10.1 Å². The molecule has 0 spiro atoms. The second-order valence-electron chi connectivity index (χ2n) is 24.6. The zero-order chi connectivity index (χ0) is 43.3. The van der Waals surface area contributed by atoms with E-state index >= 15 is 0 Å². The predicted molar refractivity (Wildman–Crippen MR) is 266 cm³/mol. The van der Waals surface area contributed by atoms with Crippen LogP contribution in [0.15, 0.2) is 89.6 Å². The summed E-state index contributed by atoms with van der Waals surface area (Å²) in [5, 5.41) is 1.37.